The lowest BCUT2D eigenvalue weighted by Gasteiger charge is -2.08. The van der Waals surface area contributed by atoms with Gasteiger partial charge < -0.3 is 4.74 Å². The van der Waals surface area contributed by atoms with Crippen molar-refractivity contribution < 1.29 is 13.5 Å². The molecule has 1 aliphatic heterocycles. The van der Waals surface area contributed by atoms with Crippen LogP contribution in [-0.4, -0.2) is 21.4 Å². The average Bonchev–Trinajstić information content (AvgIpc) is 3.27. The summed E-state index contributed by atoms with van der Waals surface area (Å²) in [5.41, 5.74) is 2.31. The highest BCUT2D eigenvalue weighted by Gasteiger charge is 2.22. The molecule has 140 valence electrons. The number of aromatic nitrogens is 3. The Balaban J connectivity index is 1.65. The maximum absolute atomic E-state index is 14.3. The quantitative estimate of drug-likeness (QED) is 0.389. The Kier molecular flexibility index (Phi) is 4.25. The summed E-state index contributed by atoms with van der Waals surface area (Å²) in [6.45, 7) is 0.580. The molecule has 0 saturated heterocycles. The third-order valence-electron chi connectivity index (χ3n) is 4.53. The van der Waals surface area contributed by atoms with Gasteiger partial charge in [0.2, 0.25) is 0 Å². The number of fused-ring (bicyclic) bond motifs is 3. The molecule has 28 heavy (non-hydrogen) atoms. The Hall–Kier alpha value is -2.58. The minimum Gasteiger partial charge on any atom is -0.493 e. The van der Waals surface area contributed by atoms with E-state index >= 15 is 0 Å². The Morgan fingerprint density at radius 3 is 2.86 bits per heavy atom. The van der Waals surface area contributed by atoms with E-state index in [2.05, 4.69) is 26.0 Å². The molecule has 2 aromatic heterocycles. The van der Waals surface area contributed by atoms with Crippen LogP contribution in [0.2, 0.25) is 0 Å². The molecule has 0 radical (unpaired) electrons. The lowest BCUT2D eigenvalue weighted by atomic mass is 10.1. The lowest BCUT2D eigenvalue weighted by molar-refractivity contribution is 0.326. The van der Waals surface area contributed by atoms with Crippen LogP contribution in [-0.2, 0) is 6.42 Å². The fourth-order valence-electron chi connectivity index (χ4n) is 3.27. The first-order valence-electron chi connectivity index (χ1n) is 8.51. The van der Waals surface area contributed by atoms with Gasteiger partial charge in [0.1, 0.15) is 23.6 Å². The molecule has 0 spiro atoms. The first-order chi connectivity index (χ1) is 13.6. The van der Waals surface area contributed by atoms with Crippen LogP contribution in [0.4, 0.5) is 8.78 Å². The summed E-state index contributed by atoms with van der Waals surface area (Å²) in [6, 6.07) is 11.4. The van der Waals surface area contributed by atoms with E-state index in [1.165, 1.54) is 23.1 Å². The molecule has 1 aliphatic rings. The number of ether oxygens (including phenoxy) is 1. The van der Waals surface area contributed by atoms with E-state index in [1.54, 1.807) is 11.3 Å². The number of thiophene rings is 1. The largest absolute Gasteiger partial charge is 0.493 e. The molecule has 8 heteroatoms. The minimum atomic E-state index is -0.687. The predicted molar refractivity (Wildman–Crippen MR) is 107 cm³/mol. The van der Waals surface area contributed by atoms with Crippen molar-refractivity contribution in [3.63, 3.8) is 0 Å². The zero-order valence-corrected chi connectivity index (χ0v) is 16.7. The van der Waals surface area contributed by atoms with Gasteiger partial charge in [0.15, 0.2) is 11.6 Å². The number of hydrogen-bond donors (Lipinski definition) is 0. The standard InChI is InChI=1S/C20H12BrF2N3OS/c21-12-1-4-17-14(8-12)19-11(5-6-27-17)7-18(28-19)20-24-10-25-26(20)16-3-2-13(22)9-15(16)23/h1-4,7-10H,5-6H2. The van der Waals surface area contributed by atoms with Gasteiger partial charge in [-0.1, -0.05) is 15.9 Å². The van der Waals surface area contributed by atoms with Crippen LogP contribution in [0.5, 0.6) is 5.75 Å². The van der Waals surface area contributed by atoms with Gasteiger partial charge in [-0.2, -0.15) is 5.10 Å². The maximum atomic E-state index is 14.3. The van der Waals surface area contributed by atoms with Crippen LogP contribution >= 0.6 is 27.3 Å². The maximum Gasteiger partial charge on any atom is 0.173 e. The highest BCUT2D eigenvalue weighted by atomic mass is 79.9. The van der Waals surface area contributed by atoms with Crippen LogP contribution in [0, 0.1) is 11.6 Å². The van der Waals surface area contributed by atoms with Gasteiger partial charge in [-0.3, -0.25) is 0 Å². The zero-order valence-electron chi connectivity index (χ0n) is 14.3. The molecule has 3 heterocycles. The summed E-state index contributed by atoms with van der Waals surface area (Å²) in [5.74, 6) is 0.0305. The Morgan fingerprint density at radius 1 is 1.11 bits per heavy atom. The van der Waals surface area contributed by atoms with Crippen molar-refractivity contribution in [2.75, 3.05) is 6.61 Å². The van der Waals surface area contributed by atoms with Crippen molar-refractivity contribution in [2.45, 2.75) is 6.42 Å². The predicted octanol–water partition coefficient (Wildman–Crippen LogP) is 5.64. The molecule has 0 bridgehead atoms. The van der Waals surface area contributed by atoms with Crippen molar-refractivity contribution >= 4 is 27.3 Å². The monoisotopic (exact) mass is 459 g/mol. The Morgan fingerprint density at radius 2 is 2.00 bits per heavy atom. The Bertz CT molecular complexity index is 1200. The van der Waals surface area contributed by atoms with E-state index in [0.717, 1.165) is 43.6 Å². The molecule has 0 aliphatic carbocycles. The van der Waals surface area contributed by atoms with E-state index in [-0.39, 0.29) is 5.69 Å². The third kappa shape index (κ3) is 2.93. The lowest BCUT2D eigenvalue weighted by Crippen LogP contribution is -2.02. The van der Waals surface area contributed by atoms with E-state index in [1.807, 2.05) is 24.3 Å². The second-order valence-electron chi connectivity index (χ2n) is 6.30. The molecular weight excluding hydrogens is 448 g/mol. The molecule has 0 N–H and O–H groups in total. The molecule has 0 saturated carbocycles. The second kappa shape index (κ2) is 6.79. The SMILES string of the molecule is Fc1ccc(-n2ncnc2-c2cc3c(s2)-c2cc(Br)ccc2OCC3)c(F)c1. The number of halogens is 3. The van der Waals surface area contributed by atoms with Crippen molar-refractivity contribution in [1.82, 2.24) is 14.8 Å². The second-order valence-corrected chi connectivity index (χ2v) is 8.26. The van der Waals surface area contributed by atoms with E-state index in [0.29, 0.717) is 12.4 Å². The highest BCUT2D eigenvalue weighted by molar-refractivity contribution is 9.10. The topological polar surface area (TPSA) is 39.9 Å². The van der Waals surface area contributed by atoms with Gasteiger partial charge in [0.05, 0.1) is 11.5 Å². The summed E-state index contributed by atoms with van der Waals surface area (Å²) in [4.78, 5) is 6.28. The summed E-state index contributed by atoms with van der Waals surface area (Å²) in [5, 5.41) is 4.15. The zero-order chi connectivity index (χ0) is 19.3. The first kappa shape index (κ1) is 17.5. The van der Waals surface area contributed by atoms with Crippen LogP contribution in [0.25, 0.3) is 26.8 Å². The first-order valence-corrected chi connectivity index (χ1v) is 10.1. The molecule has 0 fully saturated rings. The fraction of sp³-hybridized carbons (Fsp3) is 0.100. The fourth-order valence-corrected chi connectivity index (χ4v) is 4.84. The molecule has 0 amide bonds. The molecular formula is C20H12BrF2N3OS. The molecule has 5 rings (SSSR count). The summed E-state index contributed by atoms with van der Waals surface area (Å²) in [7, 11) is 0. The van der Waals surface area contributed by atoms with Gasteiger partial charge in [-0.25, -0.2) is 18.4 Å². The van der Waals surface area contributed by atoms with Gasteiger partial charge >= 0.3 is 0 Å². The van der Waals surface area contributed by atoms with Crippen molar-refractivity contribution in [3.8, 4) is 32.6 Å². The molecule has 4 nitrogen and oxygen atoms in total. The highest BCUT2D eigenvalue weighted by Crippen LogP contribution is 2.44. The van der Waals surface area contributed by atoms with Gasteiger partial charge in [-0.05, 0) is 42.0 Å². The Labute approximate surface area is 171 Å². The van der Waals surface area contributed by atoms with Crippen molar-refractivity contribution in [3.05, 3.63) is 70.5 Å². The van der Waals surface area contributed by atoms with Gasteiger partial charge in [-0.15, -0.1) is 11.3 Å². The summed E-state index contributed by atoms with van der Waals surface area (Å²) < 4.78 is 35.8. The number of hydrogen-bond acceptors (Lipinski definition) is 4. The van der Waals surface area contributed by atoms with Crippen LogP contribution < -0.4 is 4.74 Å². The summed E-state index contributed by atoms with van der Waals surface area (Å²) >= 11 is 5.07. The minimum absolute atomic E-state index is 0.156. The number of rotatable bonds is 2. The third-order valence-corrected chi connectivity index (χ3v) is 6.23. The van der Waals surface area contributed by atoms with Crippen molar-refractivity contribution in [2.24, 2.45) is 0 Å². The van der Waals surface area contributed by atoms with E-state index in [4.69, 9.17) is 4.74 Å². The smallest absolute Gasteiger partial charge is 0.173 e. The van der Waals surface area contributed by atoms with Crippen LogP contribution in [0.15, 0.2) is 53.3 Å². The van der Waals surface area contributed by atoms with E-state index < -0.39 is 11.6 Å². The molecule has 0 unspecified atom stereocenters. The van der Waals surface area contributed by atoms with Crippen molar-refractivity contribution in [1.29, 1.82) is 0 Å². The summed E-state index contributed by atoms with van der Waals surface area (Å²) in [6.07, 6.45) is 2.13. The normalized spacial score (nSPS) is 12.8. The molecule has 2 aromatic carbocycles. The van der Waals surface area contributed by atoms with Crippen LogP contribution in [0.1, 0.15) is 5.56 Å². The number of benzene rings is 2. The van der Waals surface area contributed by atoms with Gasteiger partial charge in [0, 0.05) is 27.4 Å². The molecule has 4 aromatic rings. The molecule has 0 atom stereocenters. The van der Waals surface area contributed by atoms with Crippen LogP contribution in [0.3, 0.4) is 0 Å². The average molecular weight is 460 g/mol. The van der Waals surface area contributed by atoms with Gasteiger partial charge in [0.25, 0.3) is 0 Å². The van der Waals surface area contributed by atoms with E-state index in [9.17, 15) is 8.78 Å². The number of nitrogens with zero attached hydrogens (tertiary/aromatic N) is 3.